The molecule has 0 radical (unpaired) electrons. The van der Waals surface area contributed by atoms with E-state index in [0.717, 1.165) is 16.6 Å². The van der Waals surface area contributed by atoms with Gasteiger partial charge in [0.05, 0.1) is 17.3 Å². The first-order valence-corrected chi connectivity index (χ1v) is 7.93. The Morgan fingerprint density at radius 3 is 2.81 bits per heavy atom. The topological polar surface area (TPSA) is 42.4 Å². The maximum absolute atomic E-state index is 12.2. The number of rotatable bonds is 1. The minimum Gasteiger partial charge on any atom is -0.444 e. The maximum atomic E-state index is 12.2. The number of hydrogen-bond donors (Lipinski definition) is 0. The molecule has 1 amide bonds. The number of carbonyl (C=O) groups excluding carboxylic acids is 1. The monoisotopic (exact) mass is 372 g/mol. The molecule has 0 fully saturated rings. The van der Waals surface area contributed by atoms with Crippen molar-refractivity contribution in [1.82, 2.24) is 9.88 Å². The van der Waals surface area contributed by atoms with Crippen LogP contribution in [0.5, 0.6) is 0 Å². The van der Waals surface area contributed by atoms with Crippen LogP contribution in [-0.2, 0) is 4.74 Å². The third-order valence-electron chi connectivity index (χ3n) is 2.92. The molecule has 4 nitrogen and oxygen atoms in total. The molecule has 0 aromatic carbocycles. The van der Waals surface area contributed by atoms with Crippen molar-refractivity contribution in [3.05, 3.63) is 33.5 Å². The Hall–Kier alpha value is -1.07. The van der Waals surface area contributed by atoms with Crippen LogP contribution in [-0.4, -0.2) is 34.7 Å². The van der Waals surface area contributed by atoms with Crippen LogP contribution in [0, 0.1) is 0 Å². The summed E-state index contributed by atoms with van der Waals surface area (Å²) in [4.78, 5) is 18.2. The van der Waals surface area contributed by atoms with E-state index in [9.17, 15) is 4.79 Å². The highest BCUT2D eigenvalue weighted by Crippen LogP contribution is 2.27. The number of halogens is 2. The Balaban J connectivity index is 2.16. The molecule has 2 rings (SSSR count). The molecule has 0 N–H and O–H groups in total. The SMILES string of the molecule is CC(C)(C)OC(=O)N1CCC=C(c2nc(Br)ccc2Cl)C1. The van der Waals surface area contributed by atoms with Crippen LogP contribution in [0.2, 0.25) is 5.02 Å². The van der Waals surface area contributed by atoms with E-state index in [1.165, 1.54) is 0 Å². The van der Waals surface area contributed by atoms with Gasteiger partial charge in [-0.1, -0.05) is 17.7 Å². The largest absolute Gasteiger partial charge is 0.444 e. The summed E-state index contributed by atoms with van der Waals surface area (Å²) < 4.78 is 6.13. The number of hydrogen-bond acceptors (Lipinski definition) is 3. The van der Waals surface area contributed by atoms with Crippen molar-refractivity contribution in [1.29, 1.82) is 0 Å². The van der Waals surface area contributed by atoms with Crippen LogP contribution < -0.4 is 0 Å². The van der Waals surface area contributed by atoms with Gasteiger partial charge < -0.3 is 9.64 Å². The van der Waals surface area contributed by atoms with Crippen LogP contribution in [0.3, 0.4) is 0 Å². The van der Waals surface area contributed by atoms with Crippen LogP contribution in [0.15, 0.2) is 22.8 Å². The summed E-state index contributed by atoms with van der Waals surface area (Å²) in [5, 5.41) is 0.579. The highest BCUT2D eigenvalue weighted by atomic mass is 79.9. The third-order valence-corrected chi connectivity index (χ3v) is 3.67. The van der Waals surface area contributed by atoms with Gasteiger partial charge in [-0.3, -0.25) is 0 Å². The quantitative estimate of drug-likeness (QED) is 0.680. The average molecular weight is 374 g/mol. The zero-order chi connectivity index (χ0) is 15.6. The van der Waals surface area contributed by atoms with Gasteiger partial charge in [-0.05, 0) is 60.8 Å². The molecular formula is C15H18BrClN2O2. The number of aromatic nitrogens is 1. The van der Waals surface area contributed by atoms with Crippen molar-refractivity contribution < 1.29 is 9.53 Å². The minimum absolute atomic E-state index is 0.306. The van der Waals surface area contributed by atoms with Crippen molar-refractivity contribution in [2.45, 2.75) is 32.8 Å². The van der Waals surface area contributed by atoms with Gasteiger partial charge in [-0.15, -0.1) is 0 Å². The van der Waals surface area contributed by atoms with Gasteiger partial charge >= 0.3 is 6.09 Å². The van der Waals surface area contributed by atoms with Gasteiger partial charge in [-0.2, -0.15) is 0 Å². The fourth-order valence-electron chi connectivity index (χ4n) is 2.04. The van der Waals surface area contributed by atoms with Gasteiger partial charge in [0.15, 0.2) is 0 Å². The highest BCUT2D eigenvalue weighted by Gasteiger charge is 2.25. The van der Waals surface area contributed by atoms with Gasteiger partial charge in [0.2, 0.25) is 0 Å². The van der Waals surface area contributed by atoms with E-state index in [1.54, 1.807) is 17.0 Å². The van der Waals surface area contributed by atoms with E-state index >= 15 is 0 Å². The average Bonchev–Trinajstić information content (AvgIpc) is 2.40. The van der Waals surface area contributed by atoms with Crippen LogP contribution in [0.1, 0.15) is 32.9 Å². The molecule has 0 bridgehead atoms. The molecule has 0 aliphatic carbocycles. The summed E-state index contributed by atoms with van der Waals surface area (Å²) in [5.41, 5.74) is 1.15. The highest BCUT2D eigenvalue weighted by molar-refractivity contribution is 9.10. The molecule has 0 saturated heterocycles. The second kappa shape index (κ2) is 6.36. The van der Waals surface area contributed by atoms with Crippen molar-refractivity contribution in [2.75, 3.05) is 13.1 Å². The van der Waals surface area contributed by atoms with Gasteiger partial charge in [0.1, 0.15) is 10.2 Å². The molecule has 2 heterocycles. The molecule has 6 heteroatoms. The zero-order valence-corrected chi connectivity index (χ0v) is 14.7. The van der Waals surface area contributed by atoms with Crippen LogP contribution in [0.25, 0.3) is 5.57 Å². The summed E-state index contributed by atoms with van der Waals surface area (Å²) in [5.74, 6) is 0. The smallest absolute Gasteiger partial charge is 0.410 e. The van der Waals surface area contributed by atoms with Crippen LogP contribution in [0.4, 0.5) is 4.79 Å². The zero-order valence-electron chi connectivity index (χ0n) is 12.3. The fraction of sp³-hybridized carbons (Fsp3) is 0.467. The molecule has 1 aromatic rings. The Labute approximate surface area is 138 Å². The molecule has 0 spiro atoms. The molecule has 1 aliphatic heterocycles. The number of amides is 1. The van der Waals surface area contributed by atoms with Crippen LogP contribution >= 0.6 is 27.5 Å². The van der Waals surface area contributed by atoms with Crippen molar-refractivity contribution >= 4 is 39.2 Å². The lowest BCUT2D eigenvalue weighted by molar-refractivity contribution is 0.0273. The first-order chi connectivity index (χ1) is 9.76. The summed E-state index contributed by atoms with van der Waals surface area (Å²) in [7, 11) is 0. The maximum Gasteiger partial charge on any atom is 0.410 e. The molecule has 1 aromatic heterocycles. The first kappa shape index (κ1) is 16.3. The third kappa shape index (κ3) is 4.45. The number of nitrogens with zero attached hydrogens (tertiary/aromatic N) is 2. The van der Waals surface area contributed by atoms with E-state index in [-0.39, 0.29) is 6.09 Å². The molecule has 0 unspecified atom stereocenters. The lowest BCUT2D eigenvalue weighted by Crippen LogP contribution is -2.39. The Morgan fingerprint density at radius 1 is 1.43 bits per heavy atom. The molecule has 21 heavy (non-hydrogen) atoms. The van der Waals surface area contributed by atoms with E-state index in [0.29, 0.717) is 23.8 Å². The summed E-state index contributed by atoms with van der Waals surface area (Å²) >= 11 is 9.55. The number of carbonyl (C=O) groups is 1. The van der Waals surface area contributed by atoms with E-state index < -0.39 is 5.60 Å². The molecule has 114 valence electrons. The molecule has 1 aliphatic rings. The number of ether oxygens (including phenoxy) is 1. The minimum atomic E-state index is -0.496. The Bertz CT molecular complexity index is 582. The van der Waals surface area contributed by atoms with Crippen molar-refractivity contribution in [2.24, 2.45) is 0 Å². The summed E-state index contributed by atoms with van der Waals surface area (Å²) in [6.07, 6.45) is 2.53. The normalized spacial score (nSPS) is 15.7. The second-order valence-electron chi connectivity index (χ2n) is 5.88. The predicted molar refractivity (Wildman–Crippen MR) is 87.3 cm³/mol. The Kier molecular flexibility index (Phi) is 4.94. The predicted octanol–water partition coefficient (Wildman–Crippen LogP) is 4.52. The van der Waals surface area contributed by atoms with Gasteiger partial charge in [0.25, 0.3) is 0 Å². The fourth-order valence-corrected chi connectivity index (χ4v) is 2.58. The first-order valence-electron chi connectivity index (χ1n) is 6.75. The lowest BCUT2D eigenvalue weighted by atomic mass is 10.1. The molecule has 0 atom stereocenters. The Morgan fingerprint density at radius 2 is 2.14 bits per heavy atom. The molecular weight excluding hydrogens is 356 g/mol. The van der Waals surface area contributed by atoms with Gasteiger partial charge in [-0.25, -0.2) is 9.78 Å². The number of pyridine rings is 1. The summed E-state index contributed by atoms with van der Waals surface area (Å²) in [6, 6.07) is 3.59. The summed E-state index contributed by atoms with van der Waals surface area (Å²) in [6.45, 7) is 6.68. The van der Waals surface area contributed by atoms with Crippen molar-refractivity contribution in [3.63, 3.8) is 0 Å². The van der Waals surface area contributed by atoms with E-state index in [2.05, 4.69) is 27.0 Å². The van der Waals surface area contributed by atoms with Gasteiger partial charge in [0, 0.05) is 6.54 Å². The van der Waals surface area contributed by atoms with E-state index in [4.69, 9.17) is 16.3 Å². The lowest BCUT2D eigenvalue weighted by Gasteiger charge is -2.30. The second-order valence-corrected chi connectivity index (χ2v) is 7.10. The van der Waals surface area contributed by atoms with Crippen molar-refractivity contribution in [3.8, 4) is 0 Å². The molecule has 0 saturated carbocycles. The standard InChI is InChI=1S/C15H18BrClN2O2/c1-15(2,3)21-14(20)19-8-4-5-10(9-19)13-11(17)6-7-12(16)18-13/h5-7H,4,8-9H2,1-3H3. The van der Waals surface area contributed by atoms with E-state index in [1.807, 2.05) is 20.8 Å².